The summed E-state index contributed by atoms with van der Waals surface area (Å²) in [6.45, 7) is 0.447. The summed E-state index contributed by atoms with van der Waals surface area (Å²) in [5, 5.41) is 0. The molecule has 0 aliphatic carbocycles. The van der Waals surface area contributed by atoms with Crippen molar-refractivity contribution in [2.45, 2.75) is 6.42 Å². The lowest BCUT2D eigenvalue weighted by molar-refractivity contribution is 0.0646. The van der Waals surface area contributed by atoms with Crippen molar-refractivity contribution in [2.24, 2.45) is 0 Å². The van der Waals surface area contributed by atoms with Crippen molar-refractivity contribution in [3.8, 4) is 5.75 Å². The Balaban J connectivity index is 1.57. The summed E-state index contributed by atoms with van der Waals surface area (Å²) in [7, 11) is 0. The number of halogens is 2. The molecule has 2 aromatic rings. The van der Waals surface area contributed by atoms with E-state index in [-0.39, 0.29) is 30.7 Å². The van der Waals surface area contributed by atoms with Crippen LogP contribution in [0.4, 0.5) is 4.39 Å². The average Bonchev–Trinajstić information content (AvgIpc) is 2.79. The highest BCUT2D eigenvalue weighted by Crippen LogP contribution is 2.24. The maximum atomic E-state index is 13.5. The molecule has 1 heterocycles. The fourth-order valence-electron chi connectivity index (χ4n) is 2.43. The molecule has 23 heavy (non-hydrogen) atoms. The average molecular weight is 378 g/mol. The summed E-state index contributed by atoms with van der Waals surface area (Å²) in [5.74, 6) is -0.894. The molecule has 3 rings (SSSR count). The first-order valence-corrected chi connectivity index (χ1v) is 7.90. The molecule has 6 heteroatoms. The van der Waals surface area contributed by atoms with Crippen LogP contribution in [0.2, 0.25) is 0 Å². The fourth-order valence-corrected chi connectivity index (χ4v) is 2.77. The van der Waals surface area contributed by atoms with Crippen LogP contribution in [0.3, 0.4) is 0 Å². The predicted octanol–water partition coefficient (Wildman–Crippen LogP) is 3.65. The quantitative estimate of drug-likeness (QED) is 0.590. The maximum Gasteiger partial charge on any atom is 0.261 e. The smallest absolute Gasteiger partial charge is 0.261 e. The summed E-state index contributed by atoms with van der Waals surface area (Å²) < 4.78 is 19.6. The Hall–Kier alpha value is -2.21. The van der Waals surface area contributed by atoms with Crippen LogP contribution in [0.15, 0.2) is 46.9 Å². The highest BCUT2D eigenvalue weighted by Gasteiger charge is 2.34. The number of benzene rings is 2. The third-order valence-corrected chi connectivity index (χ3v) is 4.05. The van der Waals surface area contributed by atoms with Crippen molar-refractivity contribution in [1.82, 2.24) is 4.90 Å². The van der Waals surface area contributed by atoms with Crippen molar-refractivity contribution in [3.63, 3.8) is 0 Å². The van der Waals surface area contributed by atoms with Gasteiger partial charge in [0.15, 0.2) is 11.6 Å². The second-order valence-corrected chi connectivity index (χ2v) is 6.00. The van der Waals surface area contributed by atoms with E-state index in [1.165, 1.54) is 17.0 Å². The van der Waals surface area contributed by atoms with E-state index >= 15 is 0 Å². The van der Waals surface area contributed by atoms with Crippen LogP contribution in [-0.4, -0.2) is 29.9 Å². The normalized spacial score (nSPS) is 13.4. The molecule has 118 valence electrons. The number of rotatable bonds is 5. The minimum absolute atomic E-state index is 0.140. The zero-order chi connectivity index (χ0) is 16.4. The van der Waals surface area contributed by atoms with Crippen molar-refractivity contribution in [1.29, 1.82) is 0 Å². The molecule has 1 aliphatic rings. The van der Waals surface area contributed by atoms with E-state index in [4.69, 9.17) is 4.74 Å². The molecule has 0 fully saturated rings. The molecule has 0 unspecified atom stereocenters. The van der Waals surface area contributed by atoms with Crippen LogP contribution in [0.1, 0.15) is 27.1 Å². The summed E-state index contributed by atoms with van der Waals surface area (Å²) in [5.41, 5.74) is 0.855. The Morgan fingerprint density at radius 1 is 1.04 bits per heavy atom. The van der Waals surface area contributed by atoms with Crippen LogP contribution in [0, 0.1) is 5.82 Å². The van der Waals surface area contributed by atoms with E-state index in [2.05, 4.69) is 15.9 Å². The van der Waals surface area contributed by atoms with Crippen LogP contribution < -0.4 is 4.74 Å². The number of imide groups is 1. The number of carbonyl (C=O) groups excluding carboxylic acids is 2. The highest BCUT2D eigenvalue weighted by molar-refractivity contribution is 9.10. The molecule has 0 spiro atoms. The number of fused-ring (bicyclic) bond motifs is 1. The van der Waals surface area contributed by atoms with Gasteiger partial charge in [-0.05, 0) is 36.8 Å². The Labute approximate surface area is 141 Å². The van der Waals surface area contributed by atoms with Crippen LogP contribution >= 0.6 is 15.9 Å². The van der Waals surface area contributed by atoms with Gasteiger partial charge in [0.2, 0.25) is 0 Å². The second kappa shape index (κ2) is 6.50. The highest BCUT2D eigenvalue weighted by atomic mass is 79.9. The molecule has 2 amide bonds. The van der Waals surface area contributed by atoms with Gasteiger partial charge in [-0.25, -0.2) is 4.39 Å². The van der Waals surface area contributed by atoms with E-state index in [1.807, 2.05) is 0 Å². The number of nitrogens with zero attached hydrogens (tertiary/aromatic N) is 1. The summed E-state index contributed by atoms with van der Waals surface area (Å²) >= 11 is 3.25. The first kappa shape index (κ1) is 15.7. The summed E-state index contributed by atoms with van der Waals surface area (Å²) in [6.07, 6.45) is 0.428. The van der Waals surface area contributed by atoms with Crippen molar-refractivity contribution in [3.05, 3.63) is 63.9 Å². The number of carbonyl (C=O) groups is 2. The molecule has 0 bridgehead atoms. The molecular formula is C17H13BrFNO3. The second-order valence-electron chi connectivity index (χ2n) is 5.08. The van der Waals surface area contributed by atoms with E-state index < -0.39 is 5.82 Å². The van der Waals surface area contributed by atoms with E-state index in [9.17, 15) is 14.0 Å². The first-order valence-electron chi connectivity index (χ1n) is 7.11. The van der Waals surface area contributed by atoms with Gasteiger partial charge < -0.3 is 4.74 Å². The van der Waals surface area contributed by atoms with Gasteiger partial charge in [0.1, 0.15) is 0 Å². The predicted molar refractivity (Wildman–Crippen MR) is 86.0 cm³/mol. The Morgan fingerprint density at radius 3 is 2.35 bits per heavy atom. The van der Waals surface area contributed by atoms with Gasteiger partial charge in [0.05, 0.1) is 17.7 Å². The zero-order valence-electron chi connectivity index (χ0n) is 12.1. The lowest BCUT2D eigenvalue weighted by Crippen LogP contribution is -2.31. The summed E-state index contributed by atoms with van der Waals surface area (Å²) in [4.78, 5) is 25.5. The van der Waals surface area contributed by atoms with Gasteiger partial charge in [0.25, 0.3) is 11.8 Å². The molecule has 0 atom stereocenters. The zero-order valence-corrected chi connectivity index (χ0v) is 13.7. The third kappa shape index (κ3) is 3.12. The third-order valence-electron chi connectivity index (χ3n) is 3.56. The number of hydrogen-bond donors (Lipinski definition) is 0. The largest absolute Gasteiger partial charge is 0.490 e. The minimum Gasteiger partial charge on any atom is -0.490 e. The van der Waals surface area contributed by atoms with Gasteiger partial charge in [-0.15, -0.1) is 0 Å². The van der Waals surface area contributed by atoms with E-state index in [0.717, 1.165) is 0 Å². The molecule has 0 N–H and O–H groups in total. The van der Waals surface area contributed by atoms with Gasteiger partial charge in [0, 0.05) is 11.0 Å². The number of ether oxygens (including phenoxy) is 1. The molecule has 0 radical (unpaired) electrons. The number of amides is 2. The van der Waals surface area contributed by atoms with Crippen LogP contribution in [0.25, 0.3) is 0 Å². The number of hydrogen-bond acceptors (Lipinski definition) is 3. The van der Waals surface area contributed by atoms with Crippen LogP contribution in [0.5, 0.6) is 5.75 Å². The minimum atomic E-state index is -0.450. The Kier molecular flexibility index (Phi) is 4.43. The van der Waals surface area contributed by atoms with Crippen molar-refractivity contribution >= 4 is 27.7 Å². The molecule has 2 aromatic carbocycles. The molecule has 0 aromatic heterocycles. The maximum absolute atomic E-state index is 13.5. The molecule has 0 saturated heterocycles. The lowest BCUT2D eigenvalue weighted by atomic mass is 10.1. The Morgan fingerprint density at radius 2 is 1.70 bits per heavy atom. The molecular weight excluding hydrogens is 365 g/mol. The van der Waals surface area contributed by atoms with Crippen molar-refractivity contribution in [2.75, 3.05) is 13.2 Å². The van der Waals surface area contributed by atoms with Gasteiger partial charge in [-0.2, -0.15) is 0 Å². The molecule has 0 saturated carbocycles. The molecule has 1 aliphatic heterocycles. The molecule has 4 nitrogen and oxygen atoms in total. The van der Waals surface area contributed by atoms with Gasteiger partial charge >= 0.3 is 0 Å². The van der Waals surface area contributed by atoms with Crippen molar-refractivity contribution < 1.29 is 18.7 Å². The summed E-state index contributed by atoms with van der Waals surface area (Å²) in [6, 6.07) is 11.2. The fraction of sp³-hybridized carbons (Fsp3) is 0.176. The first-order chi connectivity index (χ1) is 11.1. The van der Waals surface area contributed by atoms with E-state index in [1.54, 1.807) is 30.3 Å². The SMILES string of the molecule is O=C1c2ccccc2C(=O)N1CCCOc1cc(Br)ccc1F. The Bertz CT molecular complexity index is 743. The van der Waals surface area contributed by atoms with E-state index in [0.29, 0.717) is 22.0 Å². The monoisotopic (exact) mass is 377 g/mol. The topological polar surface area (TPSA) is 46.6 Å². The standard InChI is InChI=1S/C17H13BrFNO3/c18-11-6-7-14(19)15(10-11)23-9-3-8-20-16(21)12-4-1-2-5-13(12)17(20)22/h1-2,4-7,10H,3,8-9H2. The van der Waals surface area contributed by atoms with Crippen LogP contribution in [-0.2, 0) is 0 Å². The van der Waals surface area contributed by atoms with Gasteiger partial charge in [-0.3, -0.25) is 14.5 Å². The van der Waals surface area contributed by atoms with Gasteiger partial charge in [-0.1, -0.05) is 28.1 Å². The lowest BCUT2D eigenvalue weighted by Gasteiger charge is -2.14.